The van der Waals surface area contributed by atoms with Gasteiger partial charge in [0.25, 0.3) is 0 Å². The molecule has 0 bridgehead atoms. The number of unbranched alkanes of at least 4 members (excludes halogenated alkanes) is 2. The van der Waals surface area contributed by atoms with E-state index in [-0.39, 0.29) is 0 Å². The Balaban J connectivity index is 2.71. The second kappa shape index (κ2) is 5.00. The number of hydrogen-bond acceptors (Lipinski definition) is 3. The van der Waals surface area contributed by atoms with E-state index in [4.69, 9.17) is 10.8 Å². The van der Waals surface area contributed by atoms with Crippen molar-refractivity contribution in [3.63, 3.8) is 0 Å². The molecule has 0 unspecified atom stereocenters. The standard InChI is InChI=1S/C10H15NO2S/c1-2-3-4-5-8-9(10(12)13)7(11)6-14-8/h6H,2-5,11H2,1H3,(H,12,13). The van der Waals surface area contributed by atoms with Gasteiger partial charge in [-0.1, -0.05) is 19.8 Å². The summed E-state index contributed by atoms with van der Waals surface area (Å²) in [6.07, 6.45) is 4.15. The maximum absolute atomic E-state index is 10.9. The zero-order valence-electron chi connectivity index (χ0n) is 8.25. The summed E-state index contributed by atoms with van der Waals surface area (Å²) in [6, 6.07) is 0. The Bertz CT molecular complexity index is 320. The molecule has 0 saturated carbocycles. The number of carboxylic acids is 1. The van der Waals surface area contributed by atoms with Crippen molar-refractivity contribution < 1.29 is 9.90 Å². The summed E-state index contributed by atoms with van der Waals surface area (Å²) < 4.78 is 0. The third-order valence-electron chi connectivity index (χ3n) is 2.12. The van der Waals surface area contributed by atoms with E-state index in [0.717, 1.165) is 30.6 Å². The molecule has 1 aromatic heterocycles. The Morgan fingerprint density at radius 3 is 2.86 bits per heavy atom. The van der Waals surface area contributed by atoms with Crippen LogP contribution in [0.25, 0.3) is 0 Å². The molecule has 4 heteroatoms. The average molecular weight is 213 g/mol. The van der Waals surface area contributed by atoms with Crippen LogP contribution in [0, 0.1) is 0 Å². The monoisotopic (exact) mass is 213 g/mol. The number of hydrogen-bond donors (Lipinski definition) is 2. The van der Waals surface area contributed by atoms with Crippen molar-refractivity contribution in [2.45, 2.75) is 32.6 Å². The zero-order chi connectivity index (χ0) is 10.6. The lowest BCUT2D eigenvalue weighted by atomic mass is 10.1. The number of carbonyl (C=O) groups is 1. The smallest absolute Gasteiger partial charge is 0.338 e. The number of nitrogen functional groups attached to an aromatic ring is 1. The minimum atomic E-state index is -0.907. The van der Waals surface area contributed by atoms with Crippen LogP contribution in [0.15, 0.2) is 5.38 Å². The van der Waals surface area contributed by atoms with Crippen LogP contribution in [0.1, 0.15) is 41.4 Å². The van der Waals surface area contributed by atoms with Crippen molar-refractivity contribution in [1.29, 1.82) is 0 Å². The van der Waals surface area contributed by atoms with Crippen molar-refractivity contribution >= 4 is 23.0 Å². The molecule has 0 aromatic carbocycles. The highest BCUT2D eigenvalue weighted by atomic mass is 32.1. The summed E-state index contributed by atoms with van der Waals surface area (Å²) in [5.41, 5.74) is 6.28. The van der Waals surface area contributed by atoms with Gasteiger partial charge in [-0.25, -0.2) is 4.79 Å². The normalized spacial score (nSPS) is 10.4. The van der Waals surface area contributed by atoms with Crippen LogP contribution < -0.4 is 5.73 Å². The van der Waals surface area contributed by atoms with Gasteiger partial charge < -0.3 is 10.8 Å². The number of aryl methyl sites for hydroxylation is 1. The molecule has 78 valence electrons. The SMILES string of the molecule is CCCCCc1scc(N)c1C(=O)O. The lowest BCUT2D eigenvalue weighted by Gasteiger charge is -1.99. The lowest BCUT2D eigenvalue weighted by molar-refractivity contribution is 0.0697. The fraction of sp³-hybridized carbons (Fsp3) is 0.500. The first-order chi connectivity index (χ1) is 6.66. The largest absolute Gasteiger partial charge is 0.478 e. The van der Waals surface area contributed by atoms with E-state index in [1.54, 1.807) is 5.38 Å². The highest BCUT2D eigenvalue weighted by Crippen LogP contribution is 2.26. The Hall–Kier alpha value is -1.03. The molecule has 3 N–H and O–H groups in total. The van der Waals surface area contributed by atoms with Crippen LogP contribution in [-0.2, 0) is 6.42 Å². The van der Waals surface area contributed by atoms with Crippen molar-refractivity contribution in [3.05, 3.63) is 15.8 Å². The number of rotatable bonds is 5. The van der Waals surface area contributed by atoms with Gasteiger partial charge in [0.1, 0.15) is 0 Å². The predicted octanol–water partition coefficient (Wildman–Crippen LogP) is 2.76. The topological polar surface area (TPSA) is 63.3 Å². The highest BCUT2D eigenvalue weighted by molar-refractivity contribution is 7.10. The Labute approximate surface area is 87.6 Å². The van der Waals surface area contributed by atoms with Gasteiger partial charge in [0.15, 0.2) is 0 Å². The summed E-state index contributed by atoms with van der Waals surface area (Å²) in [4.78, 5) is 11.8. The van der Waals surface area contributed by atoms with E-state index in [9.17, 15) is 4.79 Å². The summed E-state index contributed by atoms with van der Waals surface area (Å²) in [7, 11) is 0. The molecule has 0 radical (unpaired) electrons. The van der Waals surface area contributed by atoms with Crippen molar-refractivity contribution in [2.24, 2.45) is 0 Å². The van der Waals surface area contributed by atoms with E-state index < -0.39 is 5.97 Å². The van der Waals surface area contributed by atoms with E-state index in [2.05, 4.69) is 6.92 Å². The van der Waals surface area contributed by atoms with Crippen LogP contribution >= 0.6 is 11.3 Å². The molecule has 0 fully saturated rings. The first kappa shape index (κ1) is 11.0. The molecule has 0 spiro atoms. The first-order valence-electron chi connectivity index (χ1n) is 4.76. The van der Waals surface area contributed by atoms with E-state index in [0.29, 0.717) is 11.3 Å². The van der Waals surface area contributed by atoms with Gasteiger partial charge in [0.05, 0.1) is 11.3 Å². The molecule has 0 saturated heterocycles. The molecule has 1 aromatic rings. The van der Waals surface area contributed by atoms with Gasteiger partial charge in [-0.05, 0) is 12.8 Å². The Morgan fingerprint density at radius 1 is 1.57 bits per heavy atom. The highest BCUT2D eigenvalue weighted by Gasteiger charge is 2.15. The third kappa shape index (κ3) is 2.48. The third-order valence-corrected chi connectivity index (χ3v) is 3.18. The summed E-state index contributed by atoms with van der Waals surface area (Å²) in [5.74, 6) is -0.907. The molecule has 0 aliphatic carbocycles. The number of anilines is 1. The Morgan fingerprint density at radius 2 is 2.29 bits per heavy atom. The van der Waals surface area contributed by atoms with Gasteiger partial charge in [-0.3, -0.25) is 0 Å². The minimum absolute atomic E-state index is 0.311. The van der Waals surface area contributed by atoms with E-state index >= 15 is 0 Å². The molecule has 14 heavy (non-hydrogen) atoms. The number of aromatic carboxylic acids is 1. The molecule has 1 heterocycles. The van der Waals surface area contributed by atoms with Crippen LogP contribution in [-0.4, -0.2) is 11.1 Å². The molecular weight excluding hydrogens is 198 g/mol. The summed E-state index contributed by atoms with van der Waals surface area (Å²) >= 11 is 1.45. The van der Waals surface area contributed by atoms with Crippen LogP contribution in [0.2, 0.25) is 0 Å². The van der Waals surface area contributed by atoms with E-state index in [1.165, 1.54) is 11.3 Å². The first-order valence-corrected chi connectivity index (χ1v) is 5.64. The molecule has 0 amide bonds. The fourth-order valence-electron chi connectivity index (χ4n) is 1.38. The maximum atomic E-state index is 10.9. The van der Waals surface area contributed by atoms with Crippen LogP contribution in [0.4, 0.5) is 5.69 Å². The van der Waals surface area contributed by atoms with Gasteiger partial charge in [-0.2, -0.15) is 0 Å². The molecule has 0 atom stereocenters. The van der Waals surface area contributed by atoms with Gasteiger partial charge in [0.2, 0.25) is 0 Å². The molecular formula is C10H15NO2S. The molecule has 0 aliphatic heterocycles. The zero-order valence-corrected chi connectivity index (χ0v) is 9.06. The van der Waals surface area contributed by atoms with E-state index in [1.807, 2.05) is 0 Å². The lowest BCUT2D eigenvalue weighted by Crippen LogP contribution is -2.02. The predicted molar refractivity (Wildman–Crippen MR) is 58.9 cm³/mol. The van der Waals surface area contributed by atoms with Crippen molar-refractivity contribution in [3.8, 4) is 0 Å². The van der Waals surface area contributed by atoms with Gasteiger partial charge in [-0.15, -0.1) is 11.3 Å². The number of thiophene rings is 1. The second-order valence-electron chi connectivity index (χ2n) is 3.25. The summed E-state index contributed by atoms with van der Waals surface area (Å²) in [6.45, 7) is 2.13. The van der Waals surface area contributed by atoms with Gasteiger partial charge >= 0.3 is 5.97 Å². The van der Waals surface area contributed by atoms with Crippen LogP contribution in [0.3, 0.4) is 0 Å². The minimum Gasteiger partial charge on any atom is -0.478 e. The van der Waals surface area contributed by atoms with Crippen LogP contribution in [0.5, 0.6) is 0 Å². The van der Waals surface area contributed by atoms with Crippen molar-refractivity contribution in [2.75, 3.05) is 5.73 Å². The number of nitrogens with two attached hydrogens (primary N) is 1. The maximum Gasteiger partial charge on any atom is 0.338 e. The quantitative estimate of drug-likeness (QED) is 0.739. The Kier molecular flexibility index (Phi) is 3.95. The fourth-order valence-corrected chi connectivity index (χ4v) is 2.35. The summed E-state index contributed by atoms with van der Waals surface area (Å²) in [5, 5.41) is 10.6. The molecule has 1 rings (SSSR count). The number of carboxylic acid groups (broad SMARTS) is 1. The second-order valence-corrected chi connectivity index (χ2v) is 4.22. The molecule has 0 aliphatic rings. The molecule has 3 nitrogen and oxygen atoms in total. The van der Waals surface area contributed by atoms with Gasteiger partial charge in [0, 0.05) is 10.3 Å². The average Bonchev–Trinajstić information content (AvgIpc) is 2.47. The van der Waals surface area contributed by atoms with Crippen molar-refractivity contribution in [1.82, 2.24) is 0 Å².